The third-order valence-corrected chi connectivity index (χ3v) is 12.4. The predicted octanol–water partition coefficient (Wildman–Crippen LogP) is 5.45. The summed E-state index contributed by atoms with van der Waals surface area (Å²) in [6.07, 6.45) is 12.1. The van der Waals surface area contributed by atoms with Crippen molar-refractivity contribution >= 4 is 22.5 Å². The van der Waals surface area contributed by atoms with E-state index in [9.17, 15) is 9.90 Å². The number of phenolic OH excluding ortho intramolecular Hbond substituents is 1. The highest BCUT2D eigenvalue weighted by Crippen LogP contribution is 2.45. The van der Waals surface area contributed by atoms with Crippen LogP contribution in [-0.4, -0.2) is 120 Å². The normalized spacial score (nSPS) is 26.5. The highest BCUT2D eigenvalue weighted by molar-refractivity contribution is 5.93. The van der Waals surface area contributed by atoms with Crippen molar-refractivity contribution in [2.45, 2.75) is 94.2 Å². The largest absolute Gasteiger partial charge is 0.508 e. The predicted molar refractivity (Wildman–Crippen MR) is 211 cm³/mol. The zero-order chi connectivity index (χ0) is 39.7. The lowest BCUT2D eigenvalue weighted by Crippen LogP contribution is -2.55. The maximum Gasteiger partial charge on any atom is 0.322 e. The van der Waals surface area contributed by atoms with Crippen LogP contribution in [0.2, 0.25) is 0 Å². The van der Waals surface area contributed by atoms with E-state index in [1.165, 1.54) is 24.3 Å². The number of halogens is 2. The molecule has 1 aromatic heterocycles. The molecule has 6 heterocycles. The molecule has 3 aromatic rings. The summed E-state index contributed by atoms with van der Waals surface area (Å²) in [7, 11) is 0. The van der Waals surface area contributed by atoms with E-state index < -0.39 is 23.6 Å². The number of aromatic hydroxyl groups is 1. The number of nitrogens with one attached hydrogen (secondary N) is 1. The first kappa shape index (κ1) is 39.1. The molecule has 12 nitrogen and oxygen atoms in total. The van der Waals surface area contributed by atoms with Crippen molar-refractivity contribution in [3.63, 3.8) is 0 Å². The van der Waals surface area contributed by atoms with E-state index in [-0.39, 0.29) is 54.4 Å². The summed E-state index contributed by atoms with van der Waals surface area (Å²) in [5, 5.41) is 14.7. The van der Waals surface area contributed by atoms with E-state index in [2.05, 4.69) is 34.5 Å². The number of likely N-dealkylation sites (tertiary alicyclic amines) is 2. The monoisotopic (exact) mass is 786 g/mol. The number of carbonyl (C=O) groups excluding carboxylic acids is 1. The Morgan fingerprint density at radius 1 is 1.12 bits per heavy atom. The lowest BCUT2D eigenvalue weighted by Gasteiger charge is -2.45. The molecule has 0 bridgehead atoms. The van der Waals surface area contributed by atoms with Crippen LogP contribution in [0.3, 0.4) is 0 Å². The summed E-state index contributed by atoms with van der Waals surface area (Å²) in [6, 6.07) is 6.49. The molecule has 0 saturated carbocycles. The molecule has 14 heteroatoms. The Labute approximate surface area is 332 Å². The van der Waals surface area contributed by atoms with Crippen molar-refractivity contribution in [3.05, 3.63) is 53.9 Å². The molecule has 0 aliphatic carbocycles. The number of phenols is 1. The van der Waals surface area contributed by atoms with Crippen LogP contribution in [0.15, 0.2) is 36.9 Å². The van der Waals surface area contributed by atoms with Crippen LogP contribution in [0.4, 0.5) is 14.6 Å². The fraction of sp³-hybridized carbons (Fsp3) is 0.558. The van der Waals surface area contributed by atoms with Gasteiger partial charge in [-0.3, -0.25) is 9.69 Å². The Kier molecular flexibility index (Phi) is 11.4. The minimum atomic E-state index is -0.987. The summed E-state index contributed by atoms with van der Waals surface area (Å²) in [5.74, 6) is 2.45. The lowest BCUT2D eigenvalue weighted by molar-refractivity contribution is -0.117. The molecule has 57 heavy (non-hydrogen) atoms. The van der Waals surface area contributed by atoms with Crippen molar-refractivity contribution < 1.29 is 37.6 Å². The van der Waals surface area contributed by atoms with E-state index in [1.54, 1.807) is 6.07 Å². The third-order valence-electron chi connectivity index (χ3n) is 12.4. The zero-order valence-corrected chi connectivity index (χ0v) is 32.6. The molecule has 4 fully saturated rings. The topological polar surface area (TPSA) is 122 Å². The van der Waals surface area contributed by atoms with E-state index in [0.717, 1.165) is 71.2 Å². The van der Waals surface area contributed by atoms with Gasteiger partial charge in [-0.2, -0.15) is 9.97 Å². The molecule has 0 spiro atoms. The number of rotatable bonds is 9. The summed E-state index contributed by atoms with van der Waals surface area (Å²) in [5.41, 5.74) is -0.113. The Balaban J connectivity index is 1.08. The fourth-order valence-electron chi connectivity index (χ4n) is 9.59. The number of terminal acetylenes is 1. The summed E-state index contributed by atoms with van der Waals surface area (Å²) < 4.78 is 55.4. The average Bonchev–Trinajstić information content (AvgIpc) is 3.35. The van der Waals surface area contributed by atoms with Gasteiger partial charge in [0, 0.05) is 68.3 Å². The van der Waals surface area contributed by atoms with Gasteiger partial charge in [0.05, 0.1) is 11.1 Å². The van der Waals surface area contributed by atoms with Gasteiger partial charge in [0.2, 0.25) is 11.7 Å². The van der Waals surface area contributed by atoms with Gasteiger partial charge in [-0.1, -0.05) is 18.6 Å². The standard InChI is InChI=1S/C43H52F2N6O6/c1-4-33-35(45)10-9-27-20-32(52)21-34(38(27)33)36-25-55-39-40(50-15-7-6-8-29(24-50)46-37(53)5-2)47-42(48-41(39)57-36)56-26-43(3)22-28(44)23-51(43)31-11-16-49(17-12-31)30-13-18-54-19-14-30/h1,5,9-10,20-21,28-31,36,52H,2,6-8,11-19,22-26H2,3H3,(H,46,53)/t28-,29?,36?,43+/m1/s1. The Morgan fingerprint density at radius 3 is 2.70 bits per heavy atom. The summed E-state index contributed by atoms with van der Waals surface area (Å²) >= 11 is 0. The Morgan fingerprint density at radius 2 is 1.93 bits per heavy atom. The number of carbonyl (C=O) groups is 1. The highest BCUT2D eigenvalue weighted by Gasteiger charge is 2.47. The molecule has 4 atom stereocenters. The fourth-order valence-corrected chi connectivity index (χ4v) is 9.59. The number of nitrogens with zero attached hydrogens (tertiary/aromatic N) is 5. The molecular weight excluding hydrogens is 735 g/mol. The van der Waals surface area contributed by atoms with Gasteiger partial charge >= 0.3 is 6.01 Å². The molecule has 4 saturated heterocycles. The van der Waals surface area contributed by atoms with Crippen molar-refractivity contribution in [3.8, 4) is 35.7 Å². The second-order valence-electron chi connectivity index (χ2n) is 16.3. The minimum Gasteiger partial charge on any atom is -0.508 e. The van der Waals surface area contributed by atoms with Gasteiger partial charge in [0.25, 0.3) is 5.88 Å². The minimum absolute atomic E-state index is 0.00856. The van der Waals surface area contributed by atoms with Crippen LogP contribution >= 0.6 is 0 Å². The molecule has 0 radical (unpaired) electrons. The maximum absolute atomic E-state index is 15.4. The van der Waals surface area contributed by atoms with Gasteiger partial charge in [0.15, 0.2) is 11.9 Å². The third kappa shape index (κ3) is 8.20. The van der Waals surface area contributed by atoms with E-state index in [1.807, 2.05) is 4.90 Å². The van der Waals surface area contributed by atoms with Crippen LogP contribution < -0.4 is 24.4 Å². The van der Waals surface area contributed by atoms with Crippen LogP contribution in [-0.2, 0) is 9.53 Å². The van der Waals surface area contributed by atoms with Gasteiger partial charge < -0.3 is 39.2 Å². The van der Waals surface area contributed by atoms with Gasteiger partial charge in [-0.25, -0.2) is 8.78 Å². The number of alkyl halides is 1. The lowest BCUT2D eigenvalue weighted by atomic mass is 9.93. The molecule has 2 N–H and O–H groups in total. The number of piperidine rings is 1. The van der Waals surface area contributed by atoms with Crippen LogP contribution in [0.25, 0.3) is 10.8 Å². The number of anilines is 1. The van der Waals surface area contributed by atoms with Gasteiger partial charge in [-0.05, 0) is 94.6 Å². The van der Waals surface area contributed by atoms with Crippen LogP contribution in [0.5, 0.6) is 23.4 Å². The van der Waals surface area contributed by atoms with E-state index in [0.29, 0.717) is 60.0 Å². The Bertz CT molecular complexity index is 2020. The van der Waals surface area contributed by atoms with Gasteiger partial charge in [0.1, 0.15) is 31.0 Å². The summed E-state index contributed by atoms with van der Waals surface area (Å²) in [6.45, 7) is 10.8. The van der Waals surface area contributed by atoms with Gasteiger partial charge in [-0.15, -0.1) is 6.42 Å². The first-order chi connectivity index (χ1) is 27.6. The molecule has 1 amide bonds. The van der Waals surface area contributed by atoms with Crippen molar-refractivity contribution in [2.75, 3.05) is 64.1 Å². The molecule has 2 aromatic carbocycles. The quantitative estimate of drug-likeness (QED) is 0.213. The first-order valence-electron chi connectivity index (χ1n) is 20.3. The van der Waals surface area contributed by atoms with Crippen LogP contribution in [0, 0.1) is 18.2 Å². The number of amides is 1. The summed E-state index contributed by atoms with van der Waals surface area (Å²) in [4.78, 5) is 28.9. The second kappa shape index (κ2) is 16.6. The number of hydrogen-bond acceptors (Lipinski definition) is 11. The second-order valence-corrected chi connectivity index (χ2v) is 16.3. The maximum atomic E-state index is 15.4. The zero-order valence-electron chi connectivity index (χ0n) is 32.6. The van der Waals surface area contributed by atoms with Crippen molar-refractivity contribution in [1.82, 2.24) is 25.1 Å². The molecule has 5 aliphatic rings. The molecule has 8 rings (SSSR count). The SMILES string of the molecule is C#Cc1c(F)ccc2cc(O)cc(C3COc4c(nc(OC[C@]5(C)C[C@@H](F)CN5C5CCN(C6CCOCC6)CC5)nc4N4CCCCC(NC(=O)C=C)C4)O3)c12. The molecule has 2 unspecified atom stereocenters. The number of fused-ring (bicyclic) bond motifs is 2. The number of benzene rings is 2. The number of ether oxygens (including phenoxy) is 4. The molecule has 304 valence electrons. The number of hydrogen-bond donors (Lipinski definition) is 2. The highest BCUT2D eigenvalue weighted by atomic mass is 19.1. The Hall–Kier alpha value is -4.71. The van der Waals surface area contributed by atoms with E-state index >= 15 is 8.78 Å². The van der Waals surface area contributed by atoms with Crippen molar-refractivity contribution in [2.24, 2.45) is 0 Å². The molecular formula is C43H52F2N6O6. The van der Waals surface area contributed by atoms with Crippen LogP contribution in [0.1, 0.15) is 75.5 Å². The molecule has 5 aliphatic heterocycles. The van der Waals surface area contributed by atoms with E-state index in [4.69, 9.17) is 35.3 Å². The number of aromatic nitrogens is 2. The van der Waals surface area contributed by atoms with Crippen molar-refractivity contribution in [1.29, 1.82) is 0 Å². The smallest absolute Gasteiger partial charge is 0.322 e. The first-order valence-corrected chi connectivity index (χ1v) is 20.3. The average molecular weight is 787 g/mol.